The highest BCUT2D eigenvalue weighted by molar-refractivity contribution is 5.85. The molecule has 0 unspecified atom stereocenters. The Morgan fingerprint density at radius 3 is 2.67 bits per heavy atom. The Hall–Kier alpha value is -2.47. The summed E-state index contributed by atoms with van der Waals surface area (Å²) in [6.07, 6.45) is 2.01. The molecule has 6 heteroatoms. The van der Waals surface area contributed by atoms with Crippen molar-refractivity contribution in [2.24, 2.45) is 0 Å². The molecule has 2 aromatic rings. The molecule has 0 saturated carbocycles. The summed E-state index contributed by atoms with van der Waals surface area (Å²) >= 11 is 0. The molecule has 110 valence electrons. The zero-order chi connectivity index (χ0) is 15.4. The summed E-state index contributed by atoms with van der Waals surface area (Å²) in [4.78, 5) is 23.1. The molecule has 1 aromatic carbocycles. The van der Waals surface area contributed by atoms with E-state index in [1.54, 1.807) is 26.3 Å². The van der Waals surface area contributed by atoms with Crippen LogP contribution in [0.5, 0.6) is 0 Å². The van der Waals surface area contributed by atoms with Crippen LogP contribution in [0.15, 0.2) is 35.3 Å². The number of benzene rings is 1. The minimum Gasteiger partial charge on any atom is -0.476 e. The molecular formula is C15H16N2O4. The zero-order valence-corrected chi connectivity index (χ0v) is 11.9. The number of aryl methyl sites for hydroxylation is 1. The van der Waals surface area contributed by atoms with Crippen LogP contribution in [0, 0.1) is 0 Å². The second-order valence-corrected chi connectivity index (χ2v) is 4.50. The number of carboxylic acids is 1. The van der Waals surface area contributed by atoms with Crippen LogP contribution in [-0.2, 0) is 17.8 Å². The summed E-state index contributed by atoms with van der Waals surface area (Å²) in [5.74, 6) is -1.33. The van der Waals surface area contributed by atoms with E-state index >= 15 is 0 Å². The maximum atomic E-state index is 12.0. The second-order valence-electron chi connectivity index (χ2n) is 4.50. The van der Waals surface area contributed by atoms with Gasteiger partial charge in [-0.1, -0.05) is 25.1 Å². The van der Waals surface area contributed by atoms with E-state index in [1.165, 1.54) is 4.68 Å². The fraction of sp³-hybridized carbons (Fsp3) is 0.267. The minimum atomic E-state index is -1.33. The van der Waals surface area contributed by atoms with E-state index < -0.39 is 17.1 Å². The van der Waals surface area contributed by atoms with Crippen molar-refractivity contribution in [2.75, 3.05) is 7.11 Å². The molecule has 0 aliphatic rings. The van der Waals surface area contributed by atoms with Crippen molar-refractivity contribution in [3.05, 3.63) is 57.5 Å². The van der Waals surface area contributed by atoms with Gasteiger partial charge in [0.2, 0.25) is 11.1 Å². The number of aromatic carboxylic acids is 1. The van der Waals surface area contributed by atoms with Gasteiger partial charge in [-0.15, -0.1) is 0 Å². The lowest BCUT2D eigenvalue weighted by Crippen LogP contribution is -2.25. The van der Waals surface area contributed by atoms with E-state index in [2.05, 4.69) is 5.10 Å². The van der Waals surface area contributed by atoms with Crippen LogP contribution in [0.2, 0.25) is 0 Å². The Morgan fingerprint density at radius 2 is 2.05 bits per heavy atom. The van der Waals surface area contributed by atoms with Crippen LogP contribution in [-0.4, -0.2) is 28.0 Å². The minimum absolute atomic E-state index is 0.369. The first-order valence-electron chi connectivity index (χ1n) is 6.51. The predicted molar refractivity (Wildman–Crippen MR) is 76.9 cm³/mol. The van der Waals surface area contributed by atoms with E-state index in [9.17, 15) is 9.59 Å². The molecule has 0 fully saturated rings. The molecule has 0 radical (unpaired) electrons. The molecule has 0 saturated heterocycles. The fourth-order valence-electron chi connectivity index (χ4n) is 2.07. The normalized spacial score (nSPS) is 10.6. The first-order valence-corrected chi connectivity index (χ1v) is 6.51. The number of aromatic nitrogens is 2. The monoisotopic (exact) mass is 288 g/mol. The predicted octanol–water partition coefficient (Wildman–Crippen LogP) is 1.64. The molecular weight excluding hydrogens is 272 g/mol. The molecule has 0 spiro atoms. The van der Waals surface area contributed by atoms with Gasteiger partial charge in [-0.3, -0.25) is 4.79 Å². The molecule has 6 nitrogen and oxygen atoms in total. The van der Waals surface area contributed by atoms with Gasteiger partial charge >= 0.3 is 5.97 Å². The van der Waals surface area contributed by atoms with Crippen LogP contribution in [0.3, 0.4) is 0 Å². The lowest BCUT2D eigenvalue weighted by atomic mass is 10.1. The molecule has 0 aliphatic heterocycles. The Kier molecular flexibility index (Phi) is 4.49. The van der Waals surface area contributed by atoms with E-state index in [0.29, 0.717) is 24.3 Å². The maximum absolute atomic E-state index is 12.0. The van der Waals surface area contributed by atoms with Crippen molar-refractivity contribution >= 4 is 5.97 Å². The van der Waals surface area contributed by atoms with Crippen molar-refractivity contribution in [1.29, 1.82) is 0 Å². The average molecular weight is 288 g/mol. The Morgan fingerprint density at radius 1 is 1.33 bits per heavy atom. The van der Waals surface area contributed by atoms with Gasteiger partial charge < -0.3 is 9.84 Å². The van der Waals surface area contributed by atoms with Crippen LogP contribution >= 0.6 is 0 Å². The fourth-order valence-corrected chi connectivity index (χ4v) is 2.07. The summed E-state index contributed by atoms with van der Waals surface area (Å²) < 4.78 is 6.56. The van der Waals surface area contributed by atoms with Crippen molar-refractivity contribution in [3.8, 4) is 5.69 Å². The third-order valence-corrected chi connectivity index (χ3v) is 3.11. The van der Waals surface area contributed by atoms with Gasteiger partial charge in [0, 0.05) is 24.4 Å². The first kappa shape index (κ1) is 14.9. The number of para-hydroxylation sites is 1. The standard InChI is InChI=1S/C15H16N2O4/c1-3-10-8-17(16-13(14(10)18)15(19)20)12-7-5-4-6-11(12)9-21-2/h4-8H,3,9H2,1-2H3,(H,19,20). The Balaban J connectivity index is 2.67. The largest absolute Gasteiger partial charge is 0.476 e. The SMILES string of the molecule is CCc1cn(-c2ccccc2COC)nc(C(=O)O)c1=O. The number of rotatable bonds is 5. The van der Waals surface area contributed by atoms with Gasteiger partial charge in [-0.25, -0.2) is 9.48 Å². The molecule has 0 amide bonds. The summed E-state index contributed by atoms with van der Waals surface area (Å²) in [6.45, 7) is 2.17. The third-order valence-electron chi connectivity index (χ3n) is 3.11. The molecule has 1 N–H and O–H groups in total. The van der Waals surface area contributed by atoms with Crippen LogP contribution in [0.1, 0.15) is 28.5 Å². The van der Waals surface area contributed by atoms with Crippen LogP contribution in [0.4, 0.5) is 0 Å². The quantitative estimate of drug-likeness (QED) is 0.904. The Bertz CT molecular complexity index is 722. The molecule has 0 aliphatic carbocycles. The topological polar surface area (TPSA) is 81.4 Å². The lowest BCUT2D eigenvalue weighted by molar-refractivity contribution is 0.0686. The third kappa shape index (κ3) is 3.00. The number of methoxy groups -OCH3 is 1. The van der Waals surface area contributed by atoms with Gasteiger partial charge in [-0.2, -0.15) is 5.10 Å². The van der Waals surface area contributed by atoms with E-state index in [4.69, 9.17) is 9.84 Å². The first-order chi connectivity index (χ1) is 10.1. The highest BCUT2D eigenvalue weighted by Gasteiger charge is 2.16. The summed E-state index contributed by atoms with van der Waals surface area (Å²) in [5, 5.41) is 13.1. The number of hydrogen-bond donors (Lipinski definition) is 1. The molecule has 1 aromatic heterocycles. The molecule has 2 rings (SSSR count). The van der Waals surface area contributed by atoms with Crippen molar-refractivity contribution in [2.45, 2.75) is 20.0 Å². The van der Waals surface area contributed by atoms with Crippen molar-refractivity contribution in [1.82, 2.24) is 9.78 Å². The van der Waals surface area contributed by atoms with Crippen molar-refractivity contribution < 1.29 is 14.6 Å². The number of carboxylic acid groups (broad SMARTS) is 1. The molecule has 0 bridgehead atoms. The lowest BCUT2D eigenvalue weighted by Gasteiger charge is -2.12. The van der Waals surface area contributed by atoms with Gasteiger partial charge in [0.15, 0.2) is 0 Å². The van der Waals surface area contributed by atoms with Gasteiger partial charge in [0.25, 0.3) is 0 Å². The average Bonchev–Trinajstić information content (AvgIpc) is 2.48. The van der Waals surface area contributed by atoms with E-state index in [1.807, 2.05) is 18.2 Å². The highest BCUT2D eigenvalue weighted by atomic mass is 16.5. The maximum Gasteiger partial charge on any atom is 0.360 e. The van der Waals surface area contributed by atoms with Crippen LogP contribution in [0.25, 0.3) is 5.69 Å². The molecule has 0 atom stereocenters. The summed E-state index contributed by atoms with van der Waals surface area (Å²) in [5.41, 5.74) is 0.952. The number of nitrogens with zero attached hydrogens (tertiary/aromatic N) is 2. The molecule has 21 heavy (non-hydrogen) atoms. The Labute approximate surface area is 121 Å². The van der Waals surface area contributed by atoms with Gasteiger partial charge in [0.1, 0.15) is 0 Å². The number of ether oxygens (including phenoxy) is 1. The number of carbonyl (C=O) groups is 1. The highest BCUT2D eigenvalue weighted by Crippen LogP contribution is 2.14. The second kappa shape index (κ2) is 6.32. The van der Waals surface area contributed by atoms with Gasteiger partial charge in [0.05, 0.1) is 12.3 Å². The smallest absolute Gasteiger partial charge is 0.360 e. The summed E-state index contributed by atoms with van der Waals surface area (Å²) in [7, 11) is 1.58. The van der Waals surface area contributed by atoms with Gasteiger partial charge in [-0.05, 0) is 12.5 Å². The number of hydrogen-bond acceptors (Lipinski definition) is 4. The van der Waals surface area contributed by atoms with Crippen molar-refractivity contribution in [3.63, 3.8) is 0 Å². The zero-order valence-electron chi connectivity index (χ0n) is 11.9. The van der Waals surface area contributed by atoms with E-state index in [-0.39, 0.29) is 0 Å². The van der Waals surface area contributed by atoms with E-state index in [0.717, 1.165) is 5.56 Å². The summed E-state index contributed by atoms with van der Waals surface area (Å²) in [6, 6.07) is 7.35. The molecule has 1 heterocycles. The van der Waals surface area contributed by atoms with Crippen LogP contribution < -0.4 is 5.43 Å².